The lowest BCUT2D eigenvalue weighted by molar-refractivity contribution is -0.142. The van der Waals surface area contributed by atoms with Crippen molar-refractivity contribution in [3.05, 3.63) is 42.0 Å². The molecule has 0 bridgehead atoms. The van der Waals surface area contributed by atoms with Crippen molar-refractivity contribution >= 4 is 23.5 Å². The summed E-state index contributed by atoms with van der Waals surface area (Å²) in [5.74, 6) is -0.564. The van der Waals surface area contributed by atoms with Crippen molar-refractivity contribution in [2.45, 2.75) is 20.3 Å². The number of hydrogen-bond donors (Lipinski definition) is 1. The molecule has 0 heterocycles. The number of carbonyl (C=O) groups is 3. The highest BCUT2D eigenvalue weighted by molar-refractivity contribution is 5.97. The molecule has 118 valence electrons. The Kier molecular flexibility index (Phi) is 6.82. The highest BCUT2D eigenvalue weighted by Crippen LogP contribution is 2.20. The Morgan fingerprint density at radius 1 is 1.27 bits per heavy atom. The van der Waals surface area contributed by atoms with Crippen molar-refractivity contribution < 1.29 is 23.9 Å². The first-order valence-electron chi connectivity index (χ1n) is 6.82. The molecule has 22 heavy (non-hydrogen) atoms. The molecular formula is C16H19NO5. The van der Waals surface area contributed by atoms with Gasteiger partial charge in [0.25, 0.3) is 0 Å². The first-order valence-corrected chi connectivity index (χ1v) is 6.82. The first kappa shape index (κ1) is 17.4. The third-order valence-corrected chi connectivity index (χ3v) is 2.73. The number of ether oxygens (including phenoxy) is 2. The Hall–Kier alpha value is -2.63. The van der Waals surface area contributed by atoms with Gasteiger partial charge < -0.3 is 9.47 Å². The first-order chi connectivity index (χ1) is 10.5. The van der Waals surface area contributed by atoms with Gasteiger partial charge in [-0.05, 0) is 25.5 Å². The predicted molar refractivity (Wildman–Crippen MR) is 82.0 cm³/mol. The fourth-order valence-corrected chi connectivity index (χ4v) is 1.71. The van der Waals surface area contributed by atoms with Gasteiger partial charge in [0.1, 0.15) is 6.61 Å². The molecule has 0 fully saturated rings. The number of ketones is 1. The van der Waals surface area contributed by atoms with Crippen molar-refractivity contribution in [2.75, 3.05) is 18.5 Å². The fraction of sp³-hybridized carbons (Fsp3) is 0.312. The highest BCUT2D eigenvalue weighted by atomic mass is 16.5. The molecule has 1 N–H and O–H groups in total. The van der Waals surface area contributed by atoms with Crippen LogP contribution in [0.4, 0.5) is 10.5 Å². The third kappa shape index (κ3) is 5.40. The average molecular weight is 305 g/mol. The van der Waals surface area contributed by atoms with Gasteiger partial charge in [-0.3, -0.25) is 14.9 Å². The molecule has 0 aromatic heterocycles. The second-order valence-corrected chi connectivity index (χ2v) is 4.42. The molecule has 0 spiro atoms. The van der Waals surface area contributed by atoms with E-state index in [-0.39, 0.29) is 25.4 Å². The monoisotopic (exact) mass is 305 g/mol. The van der Waals surface area contributed by atoms with Crippen molar-refractivity contribution in [1.82, 2.24) is 0 Å². The molecule has 0 radical (unpaired) electrons. The van der Waals surface area contributed by atoms with Gasteiger partial charge in [-0.15, -0.1) is 0 Å². The number of amides is 1. The largest absolute Gasteiger partial charge is 0.466 e. The summed E-state index contributed by atoms with van der Waals surface area (Å²) in [4.78, 5) is 34.7. The summed E-state index contributed by atoms with van der Waals surface area (Å²) in [6, 6.07) is 4.71. The summed E-state index contributed by atoms with van der Waals surface area (Å²) in [6.45, 7) is 6.90. The SMILES string of the molecule is C=CCOC(=O)Nc1cc(C(C)=O)ccc1CC(=O)OCC. The maximum atomic E-state index is 11.6. The van der Waals surface area contributed by atoms with Crippen LogP contribution in [0.5, 0.6) is 0 Å². The van der Waals surface area contributed by atoms with Crippen LogP contribution in [0.1, 0.15) is 29.8 Å². The lowest BCUT2D eigenvalue weighted by Gasteiger charge is -2.12. The molecule has 0 aliphatic heterocycles. The average Bonchev–Trinajstić information content (AvgIpc) is 2.47. The minimum atomic E-state index is -0.689. The van der Waals surface area contributed by atoms with Gasteiger partial charge in [0.05, 0.1) is 13.0 Å². The zero-order valence-electron chi connectivity index (χ0n) is 12.7. The topological polar surface area (TPSA) is 81.7 Å². The van der Waals surface area contributed by atoms with Gasteiger partial charge in [-0.2, -0.15) is 0 Å². The molecule has 1 rings (SSSR count). The maximum absolute atomic E-state index is 11.6. The number of Topliss-reactive ketones (excluding diaryl/α,β-unsaturated/α-hetero) is 1. The number of nitrogens with one attached hydrogen (secondary N) is 1. The quantitative estimate of drug-likeness (QED) is 0.476. The standard InChI is InChI=1S/C16H19NO5/c1-4-8-22-16(20)17-14-9-12(11(3)18)6-7-13(14)10-15(19)21-5-2/h4,6-7,9H,1,5,8,10H2,2-3H3,(H,17,20). The van der Waals surface area contributed by atoms with E-state index in [1.54, 1.807) is 19.1 Å². The van der Waals surface area contributed by atoms with E-state index in [1.807, 2.05) is 0 Å². The zero-order valence-corrected chi connectivity index (χ0v) is 12.7. The molecule has 0 aliphatic carbocycles. The zero-order chi connectivity index (χ0) is 16.5. The van der Waals surface area contributed by atoms with Gasteiger partial charge >= 0.3 is 12.1 Å². The minimum Gasteiger partial charge on any atom is -0.466 e. The van der Waals surface area contributed by atoms with E-state index >= 15 is 0 Å². The van der Waals surface area contributed by atoms with E-state index in [4.69, 9.17) is 9.47 Å². The van der Waals surface area contributed by atoms with Crippen molar-refractivity contribution in [1.29, 1.82) is 0 Å². The van der Waals surface area contributed by atoms with Crippen LogP contribution in [-0.2, 0) is 20.7 Å². The van der Waals surface area contributed by atoms with Crippen LogP contribution < -0.4 is 5.32 Å². The van der Waals surface area contributed by atoms with E-state index in [0.29, 0.717) is 16.8 Å². The van der Waals surface area contributed by atoms with Crippen LogP contribution in [0.15, 0.2) is 30.9 Å². The Morgan fingerprint density at radius 2 is 2.00 bits per heavy atom. The Morgan fingerprint density at radius 3 is 2.59 bits per heavy atom. The number of carbonyl (C=O) groups excluding carboxylic acids is 3. The summed E-state index contributed by atoms with van der Waals surface area (Å²) in [6.07, 6.45) is 0.736. The lowest BCUT2D eigenvalue weighted by Crippen LogP contribution is -2.17. The number of benzene rings is 1. The smallest absolute Gasteiger partial charge is 0.411 e. The van der Waals surface area contributed by atoms with E-state index in [2.05, 4.69) is 11.9 Å². The highest BCUT2D eigenvalue weighted by Gasteiger charge is 2.13. The molecule has 6 nitrogen and oxygen atoms in total. The second kappa shape index (κ2) is 8.61. The van der Waals surface area contributed by atoms with Crippen molar-refractivity contribution in [2.24, 2.45) is 0 Å². The molecule has 0 saturated carbocycles. The summed E-state index contributed by atoms with van der Waals surface area (Å²) >= 11 is 0. The maximum Gasteiger partial charge on any atom is 0.411 e. The van der Waals surface area contributed by atoms with Crippen molar-refractivity contribution in [3.63, 3.8) is 0 Å². The number of hydrogen-bond acceptors (Lipinski definition) is 5. The van der Waals surface area contributed by atoms with E-state index in [1.165, 1.54) is 19.1 Å². The molecule has 1 amide bonds. The second-order valence-electron chi connectivity index (χ2n) is 4.42. The molecule has 0 aliphatic rings. The van der Waals surface area contributed by atoms with E-state index < -0.39 is 12.1 Å². The van der Waals surface area contributed by atoms with Gasteiger partial charge in [0.2, 0.25) is 0 Å². The Bertz CT molecular complexity index is 580. The van der Waals surface area contributed by atoms with Crippen LogP contribution in [0.3, 0.4) is 0 Å². The number of rotatable bonds is 7. The molecule has 1 aromatic rings. The molecule has 1 aromatic carbocycles. The molecular weight excluding hydrogens is 286 g/mol. The molecule has 0 atom stereocenters. The predicted octanol–water partition coefficient (Wildman–Crippen LogP) is 2.73. The third-order valence-electron chi connectivity index (χ3n) is 2.73. The van der Waals surface area contributed by atoms with Crippen LogP contribution in [-0.4, -0.2) is 31.1 Å². The Balaban J connectivity index is 2.98. The fourth-order valence-electron chi connectivity index (χ4n) is 1.71. The summed E-state index contributed by atoms with van der Waals surface area (Å²) < 4.78 is 9.72. The van der Waals surface area contributed by atoms with E-state index in [0.717, 1.165) is 0 Å². The summed E-state index contributed by atoms with van der Waals surface area (Å²) in [5, 5.41) is 2.52. The lowest BCUT2D eigenvalue weighted by atomic mass is 10.0. The summed E-state index contributed by atoms with van der Waals surface area (Å²) in [7, 11) is 0. The van der Waals surface area contributed by atoms with Gasteiger partial charge in [-0.1, -0.05) is 24.8 Å². The van der Waals surface area contributed by atoms with Gasteiger partial charge in [0.15, 0.2) is 5.78 Å². The number of esters is 1. The summed E-state index contributed by atoms with van der Waals surface area (Å²) in [5.41, 5.74) is 1.31. The van der Waals surface area contributed by atoms with Crippen LogP contribution in [0, 0.1) is 0 Å². The van der Waals surface area contributed by atoms with Crippen LogP contribution >= 0.6 is 0 Å². The van der Waals surface area contributed by atoms with Crippen LogP contribution in [0.2, 0.25) is 0 Å². The van der Waals surface area contributed by atoms with Gasteiger partial charge in [0, 0.05) is 11.3 Å². The minimum absolute atomic E-state index is 0.0108. The van der Waals surface area contributed by atoms with Crippen LogP contribution in [0.25, 0.3) is 0 Å². The molecule has 6 heteroatoms. The number of anilines is 1. The Labute approximate surface area is 129 Å². The van der Waals surface area contributed by atoms with Crippen molar-refractivity contribution in [3.8, 4) is 0 Å². The molecule has 0 saturated heterocycles. The van der Waals surface area contributed by atoms with Gasteiger partial charge in [-0.25, -0.2) is 4.79 Å². The van der Waals surface area contributed by atoms with E-state index in [9.17, 15) is 14.4 Å². The molecule has 0 unspecified atom stereocenters. The normalized spacial score (nSPS) is 9.73.